The van der Waals surface area contributed by atoms with Crippen LogP contribution in [0, 0.1) is 0 Å². The zero-order chi connectivity index (χ0) is 15.3. The van der Waals surface area contributed by atoms with Gasteiger partial charge in [-0.05, 0) is 43.5 Å². The molecule has 1 atom stereocenters. The molecule has 0 bridgehead atoms. The molecule has 1 aromatic rings. The van der Waals surface area contributed by atoms with Gasteiger partial charge in [-0.25, -0.2) is 8.42 Å². The number of nitrogens with one attached hydrogen (secondary N) is 1. The topological polar surface area (TPSA) is 49.4 Å². The second kappa shape index (κ2) is 7.38. The third-order valence-corrected chi connectivity index (χ3v) is 6.10. The molecule has 1 heterocycles. The van der Waals surface area contributed by atoms with Crippen LogP contribution in [0.2, 0.25) is 0 Å². The molecule has 0 radical (unpaired) electrons. The lowest BCUT2D eigenvalue weighted by Gasteiger charge is -2.33. The standard InChI is InChI=1S/C16H26N2O2S/c1-3-6-14-8-10-16(11-9-14)21(19,20)18(4-2)15-7-5-12-17-13-15/h8-11,15,17H,3-7,12-13H2,1-2H3. The number of benzene rings is 1. The van der Waals surface area contributed by atoms with Crippen molar-refractivity contribution < 1.29 is 8.42 Å². The number of aryl methyl sites for hydroxylation is 1. The SMILES string of the molecule is CCCc1ccc(S(=O)(=O)N(CC)C2CCCNC2)cc1. The van der Waals surface area contributed by atoms with Crippen LogP contribution in [-0.4, -0.2) is 38.4 Å². The van der Waals surface area contributed by atoms with Crippen molar-refractivity contribution in [3.05, 3.63) is 29.8 Å². The van der Waals surface area contributed by atoms with Crippen molar-refractivity contribution in [3.63, 3.8) is 0 Å². The highest BCUT2D eigenvalue weighted by Crippen LogP contribution is 2.22. The van der Waals surface area contributed by atoms with E-state index >= 15 is 0 Å². The molecule has 1 fully saturated rings. The number of rotatable bonds is 6. The lowest BCUT2D eigenvalue weighted by Crippen LogP contribution is -2.48. The van der Waals surface area contributed by atoms with Crippen molar-refractivity contribution in [1.82, 2.24) is 9.62 Å². The molecule has 0 amide bonds. The first-order valence-corrected chi connectivity index (χ1v) is 9.35. The Labute approximate surface area is 128 Å². The number of sulfonamides is 1. The largest absolute Gasteiger partial charge is 0.315 e. The summed E-state index contributed by atoms with van der Waals surface area (Å²) in [6.07, 6.45) is 4.03. The van der Waals surface area contributed by atoms with Gasteiger partial charge in [0.05, 0.1) is 4.90 Å². The van der Waals surface area contributed by atoms with Gasteiger partial charge in [0.2, 0.25) is 10.0 Å². The molecule has 1 saturated heterocycles. The molecule has 0 spiro atoms. The summed E-state index contributed by atoms with van der Waals surface area (Å²) < 4.78 is 27.3. The van der Waals surface area contributed by atoms with E-state index in [1.54, 1.807) is 16.4 Å². The van der Waals surface area contributed by atoms with Crippen molar-refractivity contribution in [1.29, 1.82) is 0 Å². The van der Waals surface area contributed by atoms with E-state index < -0.39 is 10.0 Å². The van der Waals surface area contributed by atoms with E-state index in [0.717, 1.165) is 38.8 Å². The van der Waals surface area contributed by atoms with Crippen LogP contribution >= 0.6 is 0 Å². The predicted molar refractivity (Wildman–Crippen MR) is 85.9 cm³/mol. The zero-order valence-corrected chi connectivity index (χ0v) is 13.8. The monoisotopic (exact) mass is 310 g/mol. The minimum Gasteiger partial charge on any atom is -0.315 e. The van der Waals surface area contributed by atoms with Crippen LogP contribution in [0.25, 0.3) is 0 Å². The van der Waals surface area contributed by atoms with Crippen molar-refractivity contribution in [2.75, 3.05) is 19.6 Å². The minimum absolute atomic E-state index is 0.0732. The average Bonchev–Trinajstić information content (AvgIpc) is 2.50. The van der Waals surface area contributed by atoms with E-state index in [0.29, 0.717) is 11.4 Å². The molecular weight excluding hydrogens is 284 g/mol. The second-order valence-electron chi connectivity index (χ2n) is 5.60. The second-order valence-corrected chi connectivity index (χ2v) is 7.49. The average molecular weight is 310 g/mol. The fourth-order valence-corrected chi connectivity index (χ4v) is 4.62. The van der Waals surface area contributed by atoms with E-state index in [-0.39, 0.29) is 6.04 Å². The zero-order valence-electron chi connectivity index (χ0n) is 13.0. The van der Waals surface area contributed by atoms with E-state index in [9.17, 15) is 8.42 Å². The molecule has 1 aliphatic rings. The van der Waals surface area contributed by atoms with Gasteiger partial charge in [0.1, 0.15) is 0 Å². The Bertz CT molecular complexity index is 534. The lowest BCUT2D eigenvalue weighted by atomic mass is 10.1. The molecule has 118 valence electrons. The van der Waals surface area contributed by atoms with E-state index in [1.165, 1.54) is 5.56 Å². The smallest absolute Gasteiger partial charge is 0.243 e. The van der Waals surface area contributed by atoms with E-state index in [4.69, 9.17) is 0 Å². The molecule has 1 unspecified atom stereocenters. The highest BCUT2D eigenvalue weighted by atomic mass is 32.2. The number of piperidine rings is 1. The highest BCUT2D eigenvalue weighted by molar-refractivity contribution is 7.89. The third-order valence-electron chi connectivity index (χ3n) is 4.06. The van der Waals surface area contributed by atoms with Gasteiger partial charge in [0.25, 0.3) is 0 Å². The van der Waals surface area contributed by atoms with Crippen molar-refractivity contribution in [2.45, 2.75) is 50.5 Å². The van der Waals surface area contributed by atoms with Crippen molar-refractivity contribution in [3.8, 4) is 0 Å². The number of nitrogens with zero attached hydrogens (tertiary/aromatic N) is 1. The fraction of sp³-hybridized carbons (Fsp3) is 0.625. The molecule has 1 aromatic carbocycles. The fourth-order valence-electron chi connectivity index (χ4n) is 2.96. The molecule has 2 rings (SSSR count). The van der Waals surface area contributed by atoms with Gasteiger partial charge in [-0.1, -0.05) is 32.4 Å². The summed E-state index contributed by atoms with van der Waals surface area (Å²) in [7, 11) is -3.39. The van der Waals surface area contributed by atoms with Crippen LogP contribution in [0.1, 0.15) is 38.7 Å². The van der Waals surface area contributed by atoms with Crippen LogP contribution in [0.4, 0.5) is 0 Å². The molecule has 1 aliphatic heterocycles. The molecule has 21 heavy (non-hydrogen) atoms. The molecule has 4 nitrogen and oxygen atoms in total. The number of hydrogen-bond acceptors (Lipinski definition) is 3. The third kappa shape index (κ3) is 3.84. The maximum atomic E-state index is 12.8. The maximum Gasteiger partial charge on any atom is 0.243 e. The molecule has 0 aromatic heterocycles. The highest BCUT2D eigenvalue weighted by Gasteiger charge is 2.30. The number of likely N-dealkylation sites (N-methyl/N-ethyl adjacent to an activating group) is 1. The van der Waals surface area contributed by atoms with Gasteiger partial charge in [-0.3, -0.25) is 0 Å². The Morgan fingerprint density at radius 3 is 2.48 bits per heavy atom. The van der Waals surface area contributed by atoms with Crippen molar-refractivity contribution >= 4 is 10.0 Å². The Hall–Kier alpha value is -0.910. The Morgan fingerprint density at radius 1 is 1.24 bits per heavy atom. The molecule has 0 aliphatic carbocycles. The predicted octanol–water partition coefficient (Wildman–Crippen LogP) is 2.40. The van der Waals surface area contributed by atoms with Gasteiger partial charge < -0.3 is 5.32 Å². The summed E-state index contributed by atoms with van der Waals surface area (Å²) in [5.41, 5.74) is 1.19. The molecular formula is C16H26N2O2S. The van der Waals surface area contributed by atoms with Crippen LogP contribution in [-0.2, 0) is 16.4 Å². The van der Waals surface area contributed by atoms with Gasteiger partial charge in [-0.2, -0.15) is 4.31 Å². The normalized spacial score (nSPS) is 19.9. The van der Waals surface area contributed by atoms with Crippen molar-refractivity contribution in [2.24, 2.45) is 0 Å². The van der Waals surface area contributed by atoms with Crippen LogP contribution in [0.5, 0.6) is 0 Å². The summed E-state index contributed by atoms with van der Waals surface area (Å²) in [5.74, 6) is 0. The number of hydrogen-bond donors (Lipinski definition) is 1. The summed E-state index contributed by atoms with van der Waals surface area (Å²) in [4.78, 5) is 0.412. The van der Waals surface area contributed by atoms with E-state index in [1.807, 2.05) is 19.1 Å². The summed E-state index contributed by atoms with van der Waals surface area (Å²) in [6, 6.07) is 7.44. The summed E-state index contributed by atoms with van der Waals surface area (Å²) >= 11 is 0. The van der Waals surface area contributed by atoms with Gasteiger partial charge >= 0.3 is 0 Å². The molecule has 0 saturated carbocycles. The first-order valence-electron chi connectivity index (χ1n) is 7.91. The van der Waals surface area contributed by atoms with E-state index in [2.05, 4.69) is 12.2 Å². The quantitative estimate of drug-likeness (QED) is 0.878. The lowest BCUT2D eigenvalue weighted by molar-refractivity contribution is 0.274. The van der Waals surface area contributed by atoms with Gasteiger partial charge in [0, 0.05) is 19.1 Å². The maximum absolute atomic E-state index is 12.8. The first-order chi connectivity index (χ1) is 10.1. The summed E-state index contributed by atoms with van der Waals surface area (Å²) in [5, 5.41) is 3.29. The van der Waals surface area contributed by atoms with Gasteiger partial charge in [-0.15, -0.1) is 0 Å². The van der Waals surface area contributed by atoms with Crippen LogP contribution in [0.15, 0.2) is 29.2 Å². The van der Waals surface area contributed by atoms with Crippen LogP contribution < -0.4 is 5.32 Å². The molecule has 5 heteroatoms. The Balaban J connectivity index is 2.21. The Morgan fingerprint density at radius 2 is 1.95 bits per heavy atom. The van der Waals surface area contributed by atoms with Gasteiger partial charge in [0.15, 0.2) is 0 Å². The Kier molecular flexibility index (Phi) is 5.79. The summed E-state index contributed by atoms with van der Waals surface area (Å²) in [6.45, 7) is 6.29. The minimum atomic E-state index is -3.39. The molecule has 1 N–H and O–H groups in total. The van der Waals surface area contributed by atoms with Crippen LogP contribution in [0.3, 0.4) is 0 Å². The first kappa shape index (κ1) is 16.5.